The molecule has 0 aliphatic rings. The number of carbonyl (C=O) groups is 1. The first-order valence-corrected chi connectivity index (χ1v) is 12.2. The highest BCUT2D eigenvalue weighted by molar-refractivity contribution is 7.99. The molecule has 2 heterocycles. The number of aromatic nitrogens is 3. The van der Waals surface area contributed by atoms with Gasteiger partial charge < -0.3 is 10.1 Å². The molecule has 0 spiro atoms. The summed E-state index contributed by atoms with van der Waals surface area (Å²) in [7, 11) is 1.65. The number of amides is 1. The van der Waals surface area contributed by atoms with Gasteiger partial charge in [0.05, 0.1) is 23.4 Å². The van der Waals surface area contributed by atoms with Gasteiger partial charge in [0.1, 0.15) is 21.5 Å². The molecule has 1 amide bonds. The van der Waals surface area contributed by atoms with E-state index in [0.29, 0.717) is 5.03 Å². The third kappa shape index (κ3) is 5.77. The van der Waals surface area contributed by atoms with Crippen LogP contribution in [0.1, 0.15) is 16.8 Å². The van der Waals surface area contributed by atoms with Gasteiger partial charge in [-0.2, -0.15) is 0 Å². The number of hydrogen-bond acceptors (Lipinski definition) is 7. The molecule has 0 radical (unpaired) electrons. The highest BCUT2D eigenvalue weighted by atomic mass is 32.2. The van der Waals surface area contributed by atoms with E-state index in [4.69, 9.17) is 9.72 Å². The van der Waals surface area contributed by atoms with E-state index < -0.39 is 0 Å². The van der Waals surface area contributed by atoms with Crippen molar-refractivity contribution >= 4 is 34.7 Å². The number of carbonyl (C=O) groups excluding carboxylic acids is 1. The van der Waals surface area contributed by atoms with Crippen LogP contribution in [0.25, 0.3) is 21.1 Å². The fraction of sp³-hybridized carbons (Fsp3) is 0.200. The molecular weight excluding hydrogens is 452 g/mol. The Bertz CT molecular complexity index is 1250. The zero-order valence-corrected chi connectivity index (χ0v) is 20.5. The van der Waals surface area contributed by atoms with Crippen LogP contribution in [0, 0.1) is 20.8 Å². The van der Waals surface area contributed by atoms with Crippen molar-refractivity contribution in [1.82, 2.24) is 15.2 Å². The van der Waals surface area contributed by atoms with Gasteiger partial charge in [0.25, 0.3) is 0 Å². The van der Waals surface area contributed by atoms with E-state index in [9.17, 15) is 4.79 Å². The number of nitrogens with one attached hydrogen (secondary N) is 1. The fourth-order valence-electron chi connectivity index (χ4n) is 3.39. The van der Waals surface area contributed by atoms with Gasteiger partial charge in [-0.25, -0.2) is 4.98 Å². The summed E-state index contributed by atoms with van der Waals surface area (Å²) < 4.78 is 5.23. The Hall–Kier alpha value is -3.23. The van der Waals surface area contributed by atoms with Gasteiger partial charge >= 0.3 is 0 Å². The van der Waals surface area contributed by atoms with Crippen LogP contribution in [0.15, 0.2) is 59.6 Å². The number of thioether (sulfide) groups is 1. The van der Waals surface area contributed by atoms with Gasteiger partial charge in [-0.15, -0.1) is 21.5 Å². The minimum absolute atomic E-state index is 0.0710. The van der Waals surface area contributed by atoms with Crippen molar-refractivity contribution in [3.63, 3.8) is 0 Å². The van der Waals surface area contributed by atoms with Gasteiger partial charge in [-0.05, 0) is 80.4 Å². The van der Waals surface area contributed by atoms with Crippen LogP contribution in [-0.4, -0.2) is 34.0 Å². The number of hydrogen-bond donors (Lipinski definition) is 1. The number of thiazole rings is 1. The molecule has 2 aromatic carbocycles. The molecule has 168 valence electrons. The lowest BCUT2D eigenvalue weighted by atomic mass is 10.1. The Balaban J connectivity index is 1.40. The molecule has 0 atom stereocenters. The second kappa shape index (κ2) is 10.1. The Morgan fingerprint density at radius 1 is 1.00 bits per heavy atom. The van der Waals surface area contributed by atoms with Crippen LogP contribution in [0.3, 0.4) is 0 Å². The Morgan fingerprint density at radius 3 is 2.36 bits per heavy atom. The van der Waals surface area contributed by atoms with E-state index in [-0.39, 0.29) is 11.7 Å². The first-order valence-electron chi connectivity index (χ1n) is 10.4. The van der Waals surface area contributed by atoms with Crippen molar-refractivity contribution in [1.29, 1.82) is 0 Å². The van der Waals surface area contributed by atoms with Crippen molar-refractivity contribution in [2.45, 2.75) is 25.8 Å². The van der Waals surface area contributed by atoms with E-state index in [1.54, 1.807) is 18.4 Å². The van der Waals surface area contributed by atoms with E-state index >= 15 is 0 Å². The van der Waals surface area contributed by atoms with Crippen molar-refractivity contribution in [3.05, 3.63) is 71.4 Å². The minimum atomic E-state index is -0.0710. The number of aryl methyl sites for hydroxylation is 3. The summed E-state index contributed by atoms with van der Waals surface area (Å²) in [6.07, 6.45) is 0. The normalized spacial score (nSPS) is 10.8. The van der Waals surface area contributed by atoms with Gasteiger partial charge in [-0.3, -0.25) is 4.79 Å². The first kappa shape index (κ1) is 22.9. The standard InChI is InChI=1S/C25H24N4O2S2/c1-15-11-16(2)13-19(12-15)27-22(30)14-32-23-10-9-21(28-29-23)24-17(3)26-25(33-24)18-5-7-20(31-4)8-6-18/h5-13H,14H2,1-4H3,(H,27,30). The second-order valence-electron chi connectivity index (χ2n) is 7.63. The highest BCUT2D eigenvalue weighted by Gasteiger charge is 2.14. The minimum Gasteiger partial charge on any atom is -0.497 e. The number of nitrogens with zero attached hydrogens (tertiary/aromatic N) is 3. The van der Waals surface area contributed by atoms with Crippen molar-refractivity contribution in [2.24, 2.45) is 0 Å². The zero-order valence-electron chi connectivity index (χ0n) is 18.9. The zero-order chi connectivity index (χ0) is 23.4. The molecule has 4 rings (SSSR count). The van der Waals surface area contributed by atoms with E-state index in [1.807, 2.05) is 69.3 Å². The molecule has 0 fully saturated rings. The number of rotatable bonds is 7. The monoisotopic (exact) mass is 476 g/mol. The molecule has 0 aliphatic carbocycles. The molecule has 0 saturated carbocycles. The van der Waals surface area contributed by atoms with Gasteiger partial charge in [0.2, 0.25) is 5.91 Å². The topological polar surface area (TPSA) is 77.0 Å². The van der Waals surface area contributed by atoms with E-state index in [2.05, 4.69) is 21.6 Å². The summed E-state index contributed by atoms with van der Waals surface area (Å²) in [5.74, 6) is 1.01. The summed E-state index contributed by atoms with van der Waals surface area (Å²) in [5.41, 5.74) is 5.76. The van der Waals surface area contributed by atoms with E-state index in [0.717, 1.165) is 49.4 Å². The van der Waals surface area contributed by atoms with Crippen LogP contribution in [0.5, 0.6) is 5.75 Å². The third-order valence-corrected chi connectivity index (χ3v) is 7.01. The van der Waals surface area contributed by atoms with Crippen molar-refractivity contribution < 1.29 is 9.53 Å². The van der Waals surface area contributed by atoms with Crippen LogP contribution >= 0.6 is 23.1 Å². The molecule has 1 N–H and O–H groups in total. The predicted octanol–water partition coefficient (Wildman–Crippen LogP) is 5.93. The van der Waals surface area contributed by atoms with Crippen LogP contribution in [0.4, 0.5) is 5.69 Å². The average Bonchev–Trinajstić information content (AvgIpc) is 3.19. The summed E-state index contributed by atoms with van der Waals surface area (Å²) in [6.45, 7) is 6.00. The lowest BCUT2D eigenvalue weighted by Gasteiger charge is -2.07. The lowest BCUT2D eigenvalue weighted by molar-refractivity contribution is -0.113. The Morgan fingerprint density at radius 2 is 1.73 bits per heavy atom. The maximum atomic E-state index is 12.3. The van der Waals surface area contributed by atoms with Crippen LogP contribution < -0.4 is 10.1 Å². The Labute approximate surface area is 201 Å². The molecule has 2 aromatic heterocycles. The summed E-state index contributed by atoms with van der Waals surface area (Å²) in [4.78, 5) is 18.0. The molecule has 0 unspecified atom stereocenters. The Kier molecular flexibility index (Phi) is 7.05. The number of methoxy groups -OCH3 is 1. The molecular formula is C25H24N4O2S2. The molecule has 4 aromatic rings. The predicted molar refractivity (Wildman–Crippen MR) is 135 cm³/mol. The summed E-state index contributed by atoms with van der Waals surface area (Å²) >= 11 is 2.94. The molecule has 8 heteroatoms. The largest absolute Gasteiger partial charge is 0.497 e. The molecule has 0 aliphatic heterocycles. The fourth-order valence-corrected chi connectivity index (χ4v) is 5.04. The lowest BCUT2D eigenvalue weighted by Crippen LogP contribution is -2.14. The number of ether oxygens (including phenoxy) is 1. The van der Waals surface area contributed by atoms with Crippen molar-refractivity contribution in [3.8, 4) is 26.9 Å². The van der Waals surface area contributed by atoms with Gasteiger partial charge in [0, 0.05) is 11.3 Å². The average molecular weight is 477 g/mol. The smallest absolute Gasteiger partial charge is 0.234 e. The van der Waals surface area contributed by atoms with Crippen LogP contribution in [-0.2, 0) is 4.79 Å². The first-order chi connectivity index (χ1) is 15.9. The molecule has 6 nitrogen and oxygen atoms in total. The summed E-state index contributed by atoms with van der Waals surface area (Å²) in [6, 6.07) is 17.7. The quantitative estimate of drug-likeness (QED) is 0.333. The molecule has 0 bridgehead atoms. The maximum absolute atomic E-state index is 12.3. The van der Waals surface area contributed by atoms with Gasteiger partial charge in [-0.1, -0.05) is 17.8 Å². The summed E-state index contributed by atoms with van der Waals surface area (Å²) in [5, 5.41) is 13.2. The molecule has 0 saturated heterocycles. The maximum Gasteiger partial charge on any atom is 0.234 e. The number of anilines is 1. The SMILES string of the molecule is COc1ccc(-c2nc(C)c(-c3ccc(SCC(=O)Nc4cc(C)cc(C)c4)nn3)s2)cc1. The molecule has 33 heavy (non-hydrogen) atoms. The number of benzene rings is 2. The highest BCUT2D eigenvalue weighted by Crippen LogP contribution is 2.35. The van der Waals surface area contributed by atoms with Crippen molar-refractivity contribution in [2.75, 3.05) is 18.2 Å². The van der Waals surface area contributed by atoms with E-state index in [1.165, 1.54) is 11.8 Å². The van der Waals surface area contributed by atoms with Crippen LogP contribution in [0.2, 0.25) is 0 Å². The van der Waals surface area contributed by atoms with Gasteiger partial charge in [0.15, 0.2) is 0 Å². The second-order valence-corrected chi connectivity index (χ2v) is 9.63. The third-order valence-electron chi connectivity index (χ3n) is 4.86.